The fourth-order valence-electron chi connectivity index (χ4n) is 2.51. The molecule has 2 nitrogen and oxygen atoms in total. The zero-order valence-electron chi connectivity index (χ0n) is 9.57. The molecule has 1 fully saturated rings. The molecule has 0 saturated heterocycles. The van der Waals surface area contributed by atoms with Gasteiger partial charge in [0, 0.05) is 0 Å². The van der Waals surface area contributed by atoms with Gasteiger partial charge in [0.15, 0.2) is 0 Å². The summed E-state index contributed by atoms with van der Waals surface area (Å²) in [6.45, 7) is 0. The van der Waals surface area contributed by atoms with Gasteiger partial charge in [0.05, 0.1) is 17.2 Å². The summed E-state index contributed by atoms with van der Waals surface area (Å²) in [5.41, 5.74) is 6.70. The molecule has 1 aromatic rings. The van der Waals surface area contributed by atoms with E-state index in [0.717, 1.165) is 25.7 Å². The molecule has 0 radical (unpaired) electrons. The largest absolute Gasteiger partial charge is 0.391 e. The van der Waals surface area contributed by atoms with E-state index in [9.17, 15) is 9.50 Å². The van der Waals surface area contributed by atoms with Crippen molar-refractivity contribution in [2.45, 2.75) is 37.8 Å². The third kappa shape index (κ3) is 2.79. The summed E-state index contributed by atoms with van der Waals surface area (Å²) in [5, 5.41) is 10.2. The highest BCUT2D eigenvalue weighted by Crippen LogP contribution is 2.33. The van der Waals surface area contributed by atoms with Crippen molar-refractivity contribution in [3.05, 3.63) is 34.6 Å². The monoisotopic (exact) mass is 257 g/mol. The third-order valence-corrected chi connectivity index (χ3v) is 3.87. The number of nitrogens with two attached hydrogens (primary N) is 1. The minimum Gasteiger partial charge on any atom is -0.391 e. The summed E-state index contributed by atoms with van der Waals surface area (Å²) < 4.78 is 13.0. The van der Waals surface area contributed by atoms with Gasteiger partial charge < -0.3 is 10.8 Å². The first kappa shape index (κ1) is 12.8. The van der Waals surface area contributed by atoms with E-state index in [1.54, 1.807) is 6.07 Å². The van der Waals surface area contributed by atoms with Gasteiger partial charge in [0.1, 0.15) is 5.82 Å². The zero-order chi connectivity index (χ0) is 12.4. The van der Waals surface area contributed by atoms with Crippen LogP contribution in [0.1, 0.15) is 37.3 Å². The summed E-state index contributed by atoms with van der Waals surface area (Å²) in [5.74, 6) is -0.202. The van der Waals surface area contributed by atoms with Gasteiger partial charge in [-0.2, -0.15) is 0 Å². The topological polar surface area (TPSA) is 46.2 Å². The minimum atomic E-state index is -0.570. The SMILES string of the molecule is N[C@H](c1ccc(F)c(Cl)c1)[C@@H](O)C1CCCC1. The average molecular weight is 258 g/mol. The van der Waals surface area contributed by atoms with Crippen molar-refractivity contribution < 1.29 is 9.50 Å². The predicted molar refractivity (Wildman–Crippen MR) is 66.3 cm³/mol. The Labute approximate surface area is 106 Å². The van der Waals surface area contributed by atoms with Crippen LogP contribution in [0.25, 0.3) is 0 Å². The van der Waals surface area contributed by atoms with E-state index in [-0.39, 0.29) is 10.9 Å². The molecule has 0 spiro atoms. The van der Waals surface area contributed by atoms with Gasteiger partial charge in [0.25, 0.3) is 0 Å². The summed E-state index contributed by atoms with van der Waals surface area (Å²) in [7, 11) is 0. The number of hydrogen-bond donors (Lipinski definition) is 2. The lowest BCUT2D eigenvalue weighted by molar-refractivity contribution is 0.0845. The molecule has 17 heavy (non-hydrogen) atoms. The van der Waals surface area contributed by atoms with Crippen LogP contribution in [0.3, 0.4) is 0 Å². The number of benzene rings is 1. The maximum Gasteiger partial charge on any atom is 0.141 e. The van der Waals surface area contributed by atoms with Crippen LogP contribution in [0, 0.1) is 11.7 Å². The molecule has 0 amide bonds. The number of halogens is 2. The van der Waals surface area contributed by atoms with Crippen molar-refractivity contribution in [3.8, 4) is 0 Å². The smallest absolute Gasteiger partial charge is 0.141 e. The molecule has 0 unspecified atom stereocenters. The molecule has 94 valence electrons. The second-order valence-electron chi connectivity index (χ2n) is 4.73. The highest BCUT2D eigenvalue weighted by atomic mass is 35.5. The molecule has 1 aliphatic rings. The Bertz CT molecular complexity index is 393. The Morgan fingerprint density at radius 1 is 1.35 bits per heavy atom. The molecule has 0 bridgehead atoms. The second kappa shape index (κ2) is 5.34. The van der Waals surface area contributed by atoms with Crippen molar-refractivity contribution in [2.24, 2.45) is 11.7 Å². The molecule has 4 heteroatoms. The van der Waals surface area contributed by atoms with Crippen LogP contribution in [0.5, 0.6) is 0 Å². The summed E-state index contributed by atoms with van der Waals surface area (Å²) in [4.78, 5) is 0. The fourth-order valence-corrected chi connectivity index (χ4v) is 2.70. The standard InChI is InChI=1S/C13H17ClFNO/c14-10-7-9(5-6-11(10)15)12(16)13(17)8-3-1-2-4-8/h5-8,12-13,17H,1-4,16H2/t12-,13+/m1/s1. The maximum absolute atomic E-state index is 13.0. The van der Waals surface area contributed by atoms with E-state index in [2.05, 4.69) is 0 Å². The molecule has 3 N–H and O–H groups in total. The van der Waals surface area contributed by atoms with Gasteiger partial charge in [-0.3, -0.25) is 0 Å². The van der Waals surface area contributed by atoms with Crippen molar-refractivity contribution in [1.82, 2.24) is 0 Å². The van der Waals surface area contributed by atoms with Gasteiger partial charge in [-0.1, -0.05) is 30.5 Å². The maximum atomic E-state index is 13.0. The molecule has 0 aromatic heterocycles. The molecule has 2 rings (SSSR count). The van der Waals surface area contributed by atoms with Crippen molar-refractivity contribution in [2.75, 3.05) is 0 Å². The molecular formula is C13H17ClFNO. The van der Waals surface area contributed by atoms with Crippen molar-refractivity contribution in [3.63, 3.8) is 0 Å². The highest BCUT2D eigenvalue weighted by molar-refractivity contribution is 6.30. The molecular weight excluding hydrogens is 241 g/mol. The van der Waals surface area contributed by atoms with Crippen molar-refractivity contribution >= 4 is 11.6 Å². The number of aliphatic hydroxyl groups excluding tert-OH is 1. The molecule has 1 aromatic carbocycles. The van der Waals surface area contributed by atoms with Crippen LogP contribution in [0.15, 0.2) is 18.2 Å². The Morgan fingerprint density at radius 2 is 2.00 bits per heavy atom. The molecule has 0 heterocycles. The van der Waals surface area contributed by atoms with E-state index >= 15 is 0 Å². The lowest BCUT2D eigenvalue weighted by Gasteiger charge is -2.24. The van der Waals surface area contributed by atoms with E-state index in [4.69, 9.17) is 17.3 Å². The first-order valence-electron chi connectivity index (χ1n) is 5.98. The summed E-state index contributed by atoms with van der Waals surface area (Å²) >= 11 is 5.71. The van der Waals surface area contributed by atoms with E-state index in [1.807, 2.05) is 0 Å². The summed E-state index contributed by atoms with van der Waals surface area (Å²) in [6.07, 6.45) is 3.77. The Hall–Kier alpha value is -0.640. The predicted octanol–water partition coefficient (Wildman–Crippen LogP) is 3.03. The molecule has 0 aliphatic heterocycles. The van der Waals surface area contributed by atoms with Crippen LogP contribution in [-0.2, 0) is 0 Å². The zero-order valence-corrected chi connectivity index (χ0v) is 10.3. The third-order valence-electron chi connectivity index (χ3n) is 3.58. The van der Waals surface area contributed by atoms with Gasteiger partial charge in [-0.05, 0) is 36.5 Å². The quantitative estimate of drug-likeness (QED) is 0.874. The summed E-state index contributed by atoms with van der Waals surface area (Å²) in [6, 6.07) is 3.89. The lowest BCUT2D eigenvalue weighted by atomic mass is 9.91. The van der Waals surface area contributed by atoms with Crippen LogP contribution in [-0.4, -0.2) is 11.2 Å². The fraction of sp³-hybridized carbons (Fsp3) is 0.538. The van der Waals surface area contributed by atoms with Gasteiger partial charge in [-0.15, -0.1) is 0 Å². The number of hydrogen-bond acceptors (Lipinski definition) is 2. The van der Waals surface area contributed by atoms with Crippen molar-refractivity contribution in [1.29, 1.82) is 0 Å². The van der Waals surface area contributed by atoms with Crippen LogP contribution in [0.2, 0.25) is 5.02 Å². The lowest BCUT2D eigenvalue weighted by Crippen LogP contribution is -2.31. The van der Waals surface area contributed by atoms with Gasteiger partial charge in [-0.25, -0.2) is 4.39 Å². The highest BCUT2D eigenvalue weighted by Gasteiger charge is 2.28. The van der Waals surface area contributed by atoms with Gasteiger partial charge >= 0.3 is 0 Å². The van der Waals surface area contributed by atoms with Crippen LogP contribution >= 0.6 is 11.6 Å². The van der Waals surface area contributed by atoms with E-state index in [1.165, 1.54) is 12.1 Å². The van der Waals surface area contributed by atoms with E-state index < -0.39 is 18.0 Å². The molecule has 2 atom stereocenters. The Balaban J connectivity index is 2.12. The van der Waals surface area contributed by atoms with Crippen LogP contribution < -0.4 is 5.73 Å². The number of aliphatic hydroxyl groups is 1. The molecule has 1 saturated carbocycles. The Morgan fingerprint density at radius 3 is 2.59 bits per heavy atom. The second-order valence-corrected chi connectivity index (χ2v) is 5.14. The molecule has 1 aliphatic carbocycles. The first-order chi connectivity index (χ1) is 8.09. The minimum absolute atomic E-state index is 0.0524. The Kier molecular flexibility index (Phi) is 4.02. The average Bonchev–Trinajstić information content (AvgIpc) is 2.84. The first-order valence-corrected chi connectivity index (χ1v) is 6.36. The van der Waals surface area contributed by atoms with Gasteiger partial charge in [0.2, 0.25) is 0 Å². The number of rotatable bonds is 3. The van der Waals surface area contributed by atoms with E-state index in [0.29, 0.717) is 5.56 Å². The normalized spacial score (nSPS) is 20.5. The van der Waals surface area contributed by atoms with Crippen LogP contribution in [0.4, 0.5) is 4.39 Å².